The number of carbonyl (C=O) groups is 2. The van der Waals surface area contributed by atoms with Gasteiger partial charge in [0.05, 0.1) is 24.4 Å². The molecule has 0 saturated carbocycles. The van der Waals surface area contributed by atoms with E-state index in [0.717, 1.165) is 0 Å². The van der Waals surface area contributed by atoms with E-state index < -0.39 is 11.8 Å². The van der Waals surface area contributed by atoms with E-state index in [1.807, 2.05) is 13.0 Å². The van der Waals surface area contributed by atoms with E-state index in [1.54, 1.807) is 60.8 Å². The van der Waals surface area contributed by atoms with E-state index >= 15 is 0 Å². The van der Waals surface area contributed by atoms with Gasteiger partial charge in [-0.1, -0.05) is 18.2 Å². The Hall–Kier alpha value is -4.33. The van der Waals surface area contributed by atoms with E-state index in [2.05, 4.69) is 10.3 Å². The van der Waals surface area contributed by atoms with Crippen LogP contribution in [0, 0.1) is 0 Å². The van der Waals surface area contributed by atoms with Crippen molar-refractivity contribution in [3.63, 3.8) is 0 Å². The largest absolute Gasteiger partial charge is 0.494 e. The van der Waals surface area contributed by atoms with Crippen molar-refractivity contribution in [1.29, 1.82) is 0 Å². The molecule has 8 nitrogen and oxygen atoms in total. The van der Waals surface area contributed by atoms with Gasteiger partial charge in [-0.15, -0.1) is 0 Å². The standard InChI is InChI=1S/C25H21N3O5/c1-2-31-19-9-6-16(7-10-19)22-23(27-17-8-11-20-21(13-17)33-15-32-20)25(30)28(24(22)29)14-18-5-3-4-12-26-18/h3-13,27H,2,14-15H2,1H3. The first-order chi connectivity index (χ1) is 16.1. The molecule has 1 aromatic heterocycles. The molecule has 0 radical (unpaired) electrons. The van der Waals surface area contributed by atoms with Crippen LogP contribution >= 0.6 is 0 Å². The van der Waals surface area contributed by atoms with E-state index in [0.29, 0.717) is 40.8 Å². The topological polar surface area (TPSA) is 90.0 Å². The molecule has 0 unspecified atom stereocenters. The fraction of sp³-hybridized carbons (Fsp3) is 0.160. The Morgan fingerprint density at radius 1 is 1.00 bits per heavy atom. The first-order valence-electron chi connectivity index (χ1n) is 10.5. The van der Waals surface area contributed by atoms with Gasteiger partial charge in [0.25, 0.3) is 11.8 Å². The zero-order valence-corrected chi connectivity index (χ0v) is 17.9. The number of aromatic nitrogens is 1. The second kappa shape index (κ2) is 8.66. The molecule has 2 aliphatic rings. The number of amides is 2. The van der Waals surface area contributed by atoms with Gasteiger partial charge in [-0.2, -0.15) is 0 Å². The van der Waals surface area contributed by atoms with E-state index in [1.165, 1.54) is 4.90 Å². The highest BCUT2D eigenvalue weighted by Gasteiger charge is 2.39. The molecule has 0 atom stereocenters. The van der Waals surface area contributed by atoms with Gasteiger partial charge in [0.15, 0.2) is 11.5 Å². The van der Waals surface area contributed by atoms with Crippen molar-refractivity contribution in [2.24, 2.45) is 0 Å². The quantitative estimate of drug-likeness (QED) is 0.558. The summed E-state index contributed by atoms with van der Waals surface area (Å²) < 4.78 is 16.3. The van der Waals surface area contributed by atoms with E-state index in [4.69, 9.17) is 14.2 Å². The number of anilines is 1. The number of hydrogen-bond acceptors (Lipinski definition) is 7. The van der Waals surface area contributed by atoms with Crippen LogP contribution in [0.2, 0.25) is 0 Å². The summed E-state index contributed by atoms with van der Waals surface area (Å²) in [5.74, 6) is 1.08. The van der Waals surface area contributed by atoms with Crippen molar-refractivity contribution < 1.29 is 23.8 Å². The average Bonchev–Trinajstić information content (AvgIpc) is 3.39. The molecule has 0 bridgehead atoms. The van der Waals surface area contributed by atoms with Gasteiger partial charge in [-0.3, -0.25) is 19.5 Å². The minimum atomic E-state index is -0.424. The van der Waals surface area contributed by atoms with Crippen LogP contribution in [0.3, 0.4) is 0 Å². The average molecular weight is 443 g/mol. The monoisotopic (exact) mass is 443 g/mol. The number of ether oxygens (including phenoxy) is 3. The Kier molecular flexibility index (Phi) is 5.40. The second-order valence-electron chi connectivity index (χ2n) is 7.42. The Morgan fingerprint density at radius 3 is 2.58 bits per heavy atom. The summed E-state index contributed by atoms with van der Waals surface area (Å²) in [5.41, 5.74) is 2.33. The highest BCUT2D eigenvalue weighted by Crippen LogP contribution is 2.37. The van der Waals surface area contributed by atoms with Crippen molar-refractivity contribution in [3.05, 3.63) is 83.8 Å². The summed E-state index contributed by atoms with van der Waals surface area (Å²) >= 11 is 0. The molecule has 5 rings (SSSR count). The van der Waals surface area contributed by atoms with E-state index in [-0.39, 0.29) is 24.6 Å². The Bertz CT molecular complexity index is 1240. The normalized spacial score (nSPS) is 14.8. The zero-order chi connectivity index (χ0) is 22.8. The first kappa shape index (κ1) is 20.6. The highest BCUT2D eigenvalue weighted by atomic mass is 16.7. The highest BCUT2D eigenvalue weighted by molar-refractivity contribution is 6.36. The number of hydrogen-bond donors (Lipinski definition) is 1. The molecule has 166 valence electrons. The molecule has 2 aliphatic heterocycles. The lowest BCUT2D eigenvalue weighted by Crippen LogP contribution is -2.32. The SMILES string of the molecule is CCOc1ccc(C2=C(Nc3ccc4c(c3)OCO4)C(=O)N(Cc3ccccn3)C2=O)cc1. The lowest BCUT2D eigenvalue weighted by Gasteiger charge is -2.15. The maximum atomic E-state index is 13.4. The Morgan fingerprint density at radius 2 is 1.82 bits per heavy atom. The molecule has 2 aromatic carbocycles. The predicted octanol–water partition coefficient (Wildman–Crippen LogP) is 3.60. The lowest BCUT2D eigenvalue weighted by molar-refractivity contribution is -0.137. The van der Waals surface area contributed by atoms with Gasteiger partial charge in [-0.05, 0) is 48.9 Å². The fourth-order valence-corrected chi connectivity index (χ4v) is 3.76. The van der Waals surface area contributed by atoms with Crippen molar-refractivity contribution >= 4 is 23.1 Å². The molecule has 1 N–H and O–H groups in total. The number of fused-ring (bicyclic) bond motifs is 1. The molecule has 8 heteroatoms. The molecule has 0 spiro atoms. The second-order valence-corrected chi connectivity index (χ2v) is 7.42. The number of imide groups is 1. The maximum absolute atomic E-state index is 13.4. The summed E-state index contributed by atoms with van der Waals surface area (Å²) in [6.07, 6.45) is 1.63. The summed E-state index contributed by atoms with van der Waals surface area (Å²) in [7, 11) is 0. The molecular weight excluding hydrogens is 422 g/mol. The van der Waals surface area contributed by atoms with Gasteiger partial charge in [0.2, 0.25) is 6.79 Å². The molecule has 3 aromatic rings. The number of rotatable bonds is 7. The molecule has 3 heterocycles. The number of nitrogens with one attached hydrogen (secondary N) is 1. The number of benzene rings is 2. The van der Waals surface area contributed by atoms with Crippen molar-refractivity contribution in [2.75, 3.05) is 18.7 Å². The van der Waals surface area contributed by atoms with Crippen LogP contribution in [0.15, 0.2) is 72.6 Å². The summed E-state index contributed by atoms with van der Waals surface area (Å²) in [6, 6.07) is 17.8. The van der Waals surface area contributed by atoms with Crippen LogP contribution in [0.25, 0.3) is 5.57 Å². The van der Waals surface area contributed by atoms with Gasteiger partial charge >= 0.3 is 0 Å². The Labute approximate surface area is 190 Å². The van der Waals surface area contributed by atoms with Crippen molar-refractivity contribution in [3.8, 4) is 17.2 Å². The van der Waals surface area contributed by atoms with Crippen LogP contribution in [0.4, 0.5) is 5.69 Å². The number of carbonyl (C=O) groups excluding carboxylic acids is 2. The van der Waals surface area contributed by atoms with Crippen LogP contribution in [0.5, 0.6) is 17.2 Å². The molecule has 2 amide bonds. The summed E-state index contributed by atoms with van der Waals surface area (Å²) in [5, 5.41) is 3.14. The van der Waals surface area contributed by atoms with E-state index in [9.17, 15) is 9.59 Å². The number of nitrogens with zero attached hydrogens (tertiary/aromatic N) is 2. The van der Waals surface area contributed by atoms with Gasteiger partial charge in [0, 0.05) is 18.0 Å². The van der Waals surface area contributed by atoms with Crippen molar-refractivity contribution in [2.45, 2.75) is 13.5 Å². The first-order valence-corrected chi connectivity index (χ1v) is 10.5. The smallest absolute Gasteiger partial charge is 0.278 e. The van der Waals surface area contributed by atoms with Crippen LogP contribution in [0.1, 0.15) is 18.2 Å². The summed E-state index contributed by atoms with van der Waals surface area (Å²) in [4.78, 5) is 32.3. The third-order valence-corrected chi connectivity index (χ3v) is 5.31. The summed E-state index contributed by atoms with van der Waals surface area (Å²) in [6.45, 7) is 2.66. The fourth-order valence-electron chi connectivity index (χ4n) is 3.76. The number of pyridine rings is 1. The molecular formula is C25H21N3O5. The van der Waals surface area contributed by atoms with Gasteiger partial charge in [0.1, 0.15) is 11.4 Å². The maximum Gasteiger partial charge on any atom is 0.278 e. The lowest BCUT2D eigenvalue weighted by atomic mass is 10.0. The molecule has 0 fully saturated rings. The van der Waals surface area contributed by atoms with Crippen molar-refractivity contribution in [1.82, 2.24) is 9.88 Å². The minimum Gasteiger partial charge on any atom is -0.494 e. The van der Waals surface area contributed by atoms with Crippen LogP contribution in [-0.2, 0) is 16.1 Å². The van der Waals surface area contributed by atoms with Gasteiger partial charge < -0.3 is 19.5 Å². The van der Waals surface area contributed by atoms with Gasteiger partial charge in [-0.25, -0.2) is 0 Å². The third kappa shape index (κ3) is 3.98. The molecule has 33 heavy (non-hydrogen) atoms. The third-order valence-electron chi connectivity index (χ3n) is 5.31. The molecule has 0 aliphatic carbocycles. The van der Waals surface area contributed by atoms with Crippen LogP contribution < -0.4 is 19.5 Å². The zero-order valence-electron chi connectivity index (χ0n) is 17.9. The van der Waals surface area contributed by atoms with Crippen LogP contribution in [-0.4, -0.2) is 35.1 Å². The minimum absolute atomic E-state index is 0.0748. The predicted molar refractivity (Wildman–Crippen MR) is 121 cm³/mol. The molecule has 0 saturated heterocycles. The Balaban J connectivity index is 1.52.